The molecule has 1 fully saturated rings. The number of piperidine rings is 1. The molecule has 0 aromatic heterocycles. The highest BCUT2D eigenvalue weighted by atomic mass is 28.3. The summed E-state index contributed by atoms with van der Waals surface area (Å²) in [5, 5.41) is 11.3. The zero-order chi connectivity index (χ0) is 24.8. The van der Waals surface area contributed by atoms with Crippen LogP contribution in [0, 0.1) is 17.8 Å². The van der Waals surface area contributed by atoms with Crippen molar-refractivity contribution >= 4 is 9.04 Å². The maximum atomic E-state index is 11.1. The second-order valence-electron chi connectivity index (χ2n) is 13.4. The van der Waals surface area contributed by atoms with E-state index in [2.05, 4.69) is 85.5 Å². The first-order valence-electron chi connectivity index (χ1n) is 13.4. The summed E-state index contributed by atoms with van der Waals surface area (Å²) in [5.74, 6) is 3.30. The molecule has 188 valence electrons. The van der Waals surface area contributed by atoms with Crippen LogP contribution in [0.3, 0.4) is 0 Å². The molecule has 0 unspecified atom stereocenters. The van der Waals surface area contributed by atoms with Gasteiger partial charge in [-0.1, -0.05) is 73.6 Å². The van der Waals surface area contributed by atoms with Gasteiger partial charge in [0.2, 0.25) is 9.04 Å². The maximum Gasteiger partial charge on any atom is 0.247 e. The van der Waals surface area contributed by atoms with Crippen LogP contribution in [0.2, 0.25) is 10.1 Å². The predicted octanol–water partition coefficient (Wildman–Crippen LogP) is 5.47. The number of rotatable bonds is 6. The van der Waals surface area contributed by atoms with Crippen LogP contribution in [0.4, 0.5) is 0 Å². The molecule has 2 bridgehead atoms. The number of ether oxygens (including phenoxy) is 1. The van der Waals surface area contributed by atoms with E-state index in [1.807, 2.05) is 6.08 Å². The van der Waals surface area contributed by atoms with Crippen molar-refractivity contribution in [3.8, 4) is 11.5 Å². The average Bonchev–Trinajstić information content (AvgIpc) is 3.11. The molecule has 5 heteroatoms. The third-order valence-electron chi connectivity index (χ3n) is 10.7. The number of likely N-dealkylation sites (tertiary alicyclic amines) is 1. The first kappa shape index (κ1) is 24.4. The highest BCUT2D eigenvalue weighted by Gasteiger charge is 2.64. The predicted molar refractivity (Wildman–Crippen MR) is 141 cm³/mol. The topological polar surface area (TPSA) is 41.9 Å². The number of benzene rings is 1. The lowest BCUT2D eigenvalue weighted by Crippen LogP contribution is -2.64. The van der Waals surface area contributed by atoms with E-state index >= 15 is 0 Å². The number of hydrogen-bond acceptors (Lipinski definition) is 4. The molecule has 2 heterocycles. The van der Waals surface area contributed by atoms with E-state index in [9.17, 15) is 5.11 Å². The summed E-state index contributed by atoms with van der Waals surface area (Å²) in [6.07, 6.45) is 5.55. The van der Waals surface area contributed by atoms with E-state index in [4.69, 9.17) is 9.16 Å². The van der Waals surface area contributed by atoms with Gasteiger partial charge in [0.05, 0.1) is 0 Å². The van der Waals surface area contributed by atoms with Gasteiger partial charge in [-0.3, -0.25) is 0 Å². The van der Waals surface area contributed by atoms with Gasteiger partial charge in [0.15, 0.2) is 5.75 Å². The second-order valence-corrected chi connectivity index (χ2v) is 17.3. The summed E-state index contributed by atoms with van der Waals surface area (Å²) in [6.45, 7) is 20.0. The molecule has 0 radical (unpaired) electrons. The van der Waals surface area contributed by atoms with Crippen molar-refractivity contribution in [3.63, 3.8) is 0 Å². The fraction of sp³-hybridized carbons (Fsp3) is 0.724. The Kier molecular flexibility index (Phi) is 5.63. The molecule has 1 N–H and O–H groups in total. The van der Waals surface area contributed by atoms with Gasteiger partial charge < -0.3 is 19.2 Å². The van der Waals surface area contributed by atoms with Gasteiger partial charge in [0, 0.05) is 22.9 Å². The molecule has 2 aliphatic carbocycles. The molecular weight excluding hydrogens is 438 g/mol. The lowest BCUT2D eigenvalue weighted by atomic mass is 9.53. The Morgan fingerprint density at radius 2 is 1.74 bits per heavy atom. The van der Waals surface area contributed by atoms with Crippen molar-refractivity contribution in [2.75, 3.05) is 13.6 Å². The molecule has 0 amide bonds. The van der Waals surface area contributed by atoms with E-state index in [1.165, 1.54) is 11.1 Å². The Bertz CT molecular complexity index is 979. The minimum atomic E-state index is -1.81. The molecule has 34 heavy (non-hydrogen) atoms. The molecule has 1 spiro atoms. The largest absolute Gasteiger partial charge is 0.543 e. The summed E-state index contributed by atoms with van der Waals surface area (Å²) in [6, 6.07) is 4.96. The SMILES string of the molecule is CC(C)C(C)(C)[SiH](Oc1ccc2c3c1O[C@H]1[C@@H](O)C=C[C@H]4[C@@H](C2)N(C)CC[C@@]341)C(C)(C)C(C)C. The van der Waals surface area contributed by atoms with E-state index in [0.717, 1.165) is 30.9 Å². The van der Waals surface area contributed by atoms with Crippen LogP contribution in [0.5, 0.6) is 11.5 Å². The van der Waals surface area contributed by atoms with Crippen molar-refractivity contribution in [2.24, 2.45) is 17.8 Å². The van der Waals surface area contributed by atoms with Crippen molar-refractivity contribution in [1.29, 1.82) is 0 Å². The third kappa shape index (κ3) is 3.15. The first-order chi connectivity index (χ1) is 15.8. The van der Waals surface area contributed by atoms with Gasteiger partial charge in [-0.15, -0.1) is 0 Å². The molecule has 5 rings (SSSR count). The molecular formula is C29H45NO3Si. The van der Waals surface area contributed by atoms with Gasteiger partial charge >= 0.3 is 0 Å². The highest BCUT2D eigenvalue weighted by molar-refractivity contribution is 6.60. The quantitative estimate of drug-likeness (QED) is 0.430. The molecule has 0 saturated carbocycles. The summed E-state index contributed by atoms with van der Waals surface area (Å²) in [4.78, 5) is 2.51. The van der Waals surface area contributed by atoms with Crippen LogP contribution < -0.4 is 9.16 Å². The molecule has 2 aliphatic heterocycles. The maximum absolute atomic E-state index is 11.1. The van der Waals surface area contributed by atoms with Crippen molar-refractivity contribution < 1.29 is 14.3 Å². The van der Waals surface area contributed by atoms with Crippen molar-refractivity contribution in [1.82, 2.24) is 4.90 Å². The van der Waals surface area contributed by atoms with Gasteiger partial charge in [-0.05, 0) is 60.0 Å². The van der Waals surface area contributed by atoms with Crippen LogP contribution in [0.25, 0.3) is 0 Å². The zero-order valence-corrected chi connectivity index (χ0v) is 23.8. The fourth-order valence-corrected chi connectivity index (χ4v) is 11.5. The Morgan fingerprint density at radius 1 is 1.09 bits per heavy atom. The Balaban J connectivity index is 1.64. The minimum absolute atomic E-state index is 0.113. The Hall–Kier alpha value is -1.30. The van der Waals surface area contributed by atoms with Crippen molar-refractivity contribution in [3.05, 3.63) is 35.4 Å². The normalized spacial score (nSPS) is 32.4. The summed E-state index contributed by atoms with van der Waals surface area (Å²) >= 11 is 0. The molecule has 1 saturated heterocycles. The van der Waals surface area contributed by atoms with Gasteiger partial charge in [0.1, 0.15) is 18.0 Å². The van der Waals surface area contributed by atoms with E-state index in [1.54, 1.807) is 0 Å². The fourth-order valence-electron chi connectivity index (χ4n) is 7.32. The standard InChI is InChI=1S/C29H45NO3Si/c1-17(2)27(5,6)34(28(7,8)18(3)4)33-23-13-10-19-16-21-20-11-12-22(31)26-29(20,14-15-30(21)9)24(19)25(23)32-26/h10-13,17-18,20-22,26,31,34H,14-16H2,1-9H3/t20-,21+,22-,26-,29-/m0/s1. The number of nitrogens with zero attached hydrogens (tertiary/aromatic N) is 1. The monoisotopic (exact) mass is 483 g/mol. The molecule has 1 aromatic rings. The summed E-state index contributed by atoms with van der Waals surface area (Å²) in [7, 11) is 0.445. The average molecular weight is 484 g/mol. The minimum Gasteiger partial charge on any atom is -0.543 e. The molecule has 4 aliphatic rings. The number of aliphatic hydroxyl groups excluding tert-OH is 1. The number of aliphatic hydroxyl groups is 1. The van der Waals surface area contributed by atoms with Gasteiger partial charge in [-0.25, -0.2) is 0 Å². The van der Waals surface area contributed by atoms with Crippen LogP contribution >= 0.6 is 0 Å². The molecule has 1 aromatic carbocycles. The first-order valence-corrected chi connectivity index (χ1v) is 15.0. The second kappa shape index (κ2) is 7.85. The molecule has 5 atom stereocenters. The lowest BCUT2D eigenvalue weighted by Gasteiger charge is -2.56. The smallest absolute Gasteiger partial charge is 0.247 e. The Morgan fingerprint density at radius 3 is 2.35 bits per heavy atom. The van der Waals surface area contributed by atoms with Crippen LogP contribution in [0.15, 0.2) is 24.3 Å². The van der Waals surface area contributed by atoms with Crippen LogP contribution in [-0.2, 0) is 11.8 Å². The zero-order valence-electron chi connectivity index (χ0n) is 22.7. The van der Waals surface area contributed by atoms with Gasteiger partial charge in [0.25, 0.3) is 0 Å². The van der Waals surface area contributed by atoms with Crippen molar-refractivity contribution in [2.45, 2.75) is 102 Å². The summed E-state index contributed by atoms with van der Waals surface area (Å²) in [5.41, 5.74) is 2.61. The van der Waals surface area contributed by atoms with E-state index in [-0.39, 0.29) is 21.6 Å². The summed E-state index contributed by atoms with van der Waals surface area (Å²) < 4.78 is 14.0. The van der Waals surface area contributed by atoms with E-state index in [0.29, 0.717) is 23.8 Å². The Labute approximate surface area is 208 Å². The van der Waals surface area contributed by atoms with Crippen LogP contribution in [-0.4, -0.2) is 50.9 Å². The number of hydrogen-bond donors (Lipinski definition) is 1. The van der Waals surface area contributed by atoms with E-state index < -0.39 is 15.1 Å². The lowest BCUT2D eigenvalue weighted by molar-refractivity contribution is -0.0452. The van der Waals surface area contributed by atoms with Crippen LogP contribution in [0.1, 0.15) is 72.9 Å². The third-order valence-corrected chi connectivity index (χ3v) is 15.2. The highest BCUT2D eigenvalue weighted by Crippen LogP contribution is 2.63. The molecule has 4 nitrogen and oxygen atoms in total. The number of likely N-dealkylation sites (N-methyl/N-ethyl adjacent to an activating group) is 1. The van der Waals surface area contributed by atoms with Gasteiger partial charge in [-0.2, -0.15) is 0 Å².